The molecular formula is C12H18N4O3S. The monoisotopic (exact) mass is 298 g/mol. The molecule has 1 aromatic rings. The van der Waals surface area contributed by atoms with Crippen molar-refractivity contribution >= 4 is 15.9 Å². The van der Waals surface area contributed by atoms with E-state index in [-0.39, 0.29) is 22.4 Å². The molecule has 20 heavy (non-hydrogen) atoms. The molecule has 2 fully saturated rings. The predicted molar refractivity (Wildman–Crippen MR) is 71.3 cm³/mol. The predicted octanol–water partition coefficient (Wildman–Crippen LogP) is -0.100. The van der Waals surface area contributed by atoms with Crippen molar-refractivity contribution in [1.82, 2.24) is 19.8 Å². The lowest BCUT2D eigenvalue weighted by molar-refractivity contribution is -0.127. The average molecular weight is 298 g/mol. The first kappa shape index (κ1) is 13.6. The van der Waals surface area contributed by atoms with Crippen molar-refractivity contribution in [2.24, 2.45) is 7.05 Å². The maximum Gasteiger partial charge on any atom is 0.244 e. The molecule has 1 aliphatic heterocycles. The van der Waals surface area contributed by atoms with Gasteiger partial charge in [0.25, 0.3) is 0 Å². The summed E-state index contributed by atoms with van der Waals surface area (Å²) >= 11 is 0. The number of hydrogen-bond acceptors (Lipinski definition) is 4. The van der Waals surface area contributed by atoms with E-state index in [0.717, 1.165) is 19.3 Å². The van der Waals surface area contributed by atoms with Gasteiger partial charge >= 0.3 is 0 Å². The highest BCUT2D eigenvalue weighted by Gasteiger charge is 2.49. The number of aryl methyl sites for hydroxylation is 1. The van der Waals surface area contributed by atoms with Crippen LogP contribution in [0.4, 0.5) is 0 Å². The van der Waals surface area contributed by atoms with Crippen molar-refractivity contribution in [3.63, 3.8) is 0 Å². The summed E-state index contributed by atoms with van der Waals surface area (Å²) in [5, 5.41) is 6.86. The standard InChI is InChI=1S/C12H18N4O3S/c1-16-8-9(7-13-16)20(18,19)15-10-3-4-11(17)14-12(10)5-2-6-12/h7-8,10,15H,2-6H2,1H3,(H,14,17). The molecule has 1 unspecified atom stereocenters. The first-order valence-corrected chi connectivity index (χ1v) is 8.22. The van der Waals surface area contributed by atoms with E-state index in [1.165, 1.54) is 17.1 Å². The molecule has 8 heteroatoms. The molecule has 110 valence electrons. The fourth-order valence-electron chi connectivity index (χ4n) is 2.97. The van der Waals surface area contributed by atoms with Gasteiger partial charge in [0.2, 0.25) is 15.9 Å². The summed E-state index contributed by atoms with van der Waals surface area (Å²) in [7, 11) is -1.91. The third-order valence-electron chi connectivity index (χ3n) is 4.25. The minimum Gasteiger partial charge on any atom is -0.349 e. The topological polar surface area (TPSA) is 93.1 Å². The van der Waals surface area contributed by atoms with Gasteiger partial charge in [-0.05, 0) is 25.7 Å². The summed E-state index contributed by atoms with van der Waals surface area (Å²) in [5.74, 6) is 0.0153. The number of amides is 1. The van der Waals surface area contributed by atoms with E-state index < -0.39 is 10.0 Å². The number of aromatic nitrogens is 2. The van der Waals surface area contributed by atoms with Crippen molar-refractivity contribution in [1.29, 1.82) is 0 Å². The number of nitrogens with zero attached hydrogens (tertiary/aromatic N) is 2. The second-order valence-corrected chi connectivity index (χ2v) is 7.33. The van der Waals surface area contributed by atoms with Crippen LogP contribution in [0.1, 0.15) is 32.1 Å². The smallest absolute Gasteiger partial charge is 0.244 e. The van der Waals surface area contributed by atoms with Crippen molar-refractivity contribution < 1.29 is 13.2 Å². The van der Waals surface area contributed by atoms with Gasteiger partial charge in [0, 0.05) is 25.7 Å². The van der Waals surface area contributed by atoms with Crippen LogP contribution >= 0.6 is 0 Å². The molecule has 2 heterocycles. The molecule has 0 aromatic carbocycles. The minimum absolute atomic E-state index is 0.0153. The first-order valence-electron chi connectivity index (χ1n) is 6.73. The van der Waals surface area contributed by atoms with Gasteiger partial charge in [0.15, 0.2) is 0 Å². The quantitative estimate of drug-likeness (QED) is 0.815. The third-order valence-corrected chi connectivity index (χ3v) is 5.68. The Labute approximate surface area is 117 Å². The summed E-state index contributed by atoms with van der Waals surface area (Å²) in [6, 6.07) is -0.237. The van der Waals surface area contributed by atoms with Crippen molar-refractivity contribution in [3.8, 4) is 0 Å². The normalized spacial score (nSPS) is 25.2. The molecule has 1 saturated carbocycles. The molecule has 2 aliphatic rings. The van der Waals surface area contributed by atoms with Crippen LogP contribution in [0.2, 0.25) is 0 Å². The zero-order valence-electron chi connectivity index (χ0n) is 11.3. The zero-order valence-corrected chi connectivity index (χ0v) is 12.1. The van der Waals surface area contributed by atoms with Crippen LogP contribution in [-0.4, -0.2) is 35.7 Å². The third kappa shape index (κ3) is 2.22. The molecule has 2 N–H and O–H groups in total. The second kappa shape index (κ2) is 4.56. The van der Waals surface area contributed by atoms with Crippen molar-refractivity contribution in [3.05, 3.63) is 12.4 Å². The molecule has 1 aromatic heterocycles. The van der Waals surface area contributed by atoms with Gasteiger partial charge in [-0.15, -0.1) is 0 Å². The molecule has 7 nitrogen and oxygen atoms in total. The first-order chi connectivity index (χ1) is 9.41. The van der Waals surface area contributed by atoms with Crippen LogP contribution in [0.25, 0.3) is 0 Å². The summed E-state index contributed by atoms with van der Waals surface area (Å²) in [6.45, 7) is 0. The summed E-state index contributed by atoms with van der Waals surface area (Å²) in [4.78, 5) is 11.7. The Balaban J connectivity index is 1.81. The number of carbonyl (C=O) groups is 1. The Morgan fingerprint density at radius 3 is 2.80 bits per heavy atom. The van der Waals surface area contributed by atoms with Gasteiger partial charge in [-0.25, -0.2) is 13.1 Å². The van der Waals surface area contributed by atoms with Crippen LogP contribution in [-0.2, 0) is 21.9 Å². The van der Waals surface area contributed by atoms with Crippen molar-refractivity contribution in [2.45, 2.75) is 48.6 Å². The van der Waals surface area contributed by atoms with Crippen LogP contribution in [0.15, 0.2) is 17.3 Å². The highest BCUT2D eigenvalue weighted by atomic mass is 32.2. The number of nitrogens with one attached hydrogen (secondary N) is 2. The number of piperidine rings is 1. The number of sulfonamides is 1. The van der Waals surface area contributed by atoms with Gasteiger partial charge in [-0.3, -0.25) is 9.48 Å². The van der Waals surface area contributed by atoms with Crippen molar-refractivity contribution in [2.75, 3.05) is 0 Å². The average Bonchev–Trinajstić information content (AvgIpc) is 2.77. The van der Waals surface area contributed by atoms with Crippen LogP contribution in [0, 0.1) is 0 Å². The lowest BCUT2D eigenvalue weighted by Crippen LogP contribution is -2.68. The van der Waals surface area contributed by atoms with E-state index >= 15 is 0 Å². The van der Waals surface area contributed by atoms with Gasteiger partial charge in [0.05, 0.1) is 11.7 Å². The lowest BCUT2D eigenvalue weighted by Gasteiger charge is -2.50. The Morgan fingerprint density at radius 1 is 1.50 bits per heavy atom. The summed E-state index contributed by atoms with van der Waals surface area (Å²) < 4.78 is 28.9. The maximum atomic E-state index is 12.3. The molecule has 0 radical (unpaired) electrons. The zero-order chi connectivity index (χ0) is 14.4. The van der Waals surface area contributed by atoms with Crippen LogP contribution in [0.3, 0.4) is 0 Å². The van der Waals surface area contributed by atoms with Gasteiger partial charge in [-0.1, -0.05) is 0 Å². The van der Waals surface area contributed by atoms with Gasteiger partial charge in [0.1, 0.15) is 4.90 Å². The molecule has 0 bridgehead atoms. The van der Waals surface area contributed by atoms with Crippen LogP contribution in [0.5, 0.6) is 0 Å². The van der Waals surface area contributed by atoms with E-state index in [2.05, 4.69) is 15.1 Å². The molecular weight excluding hydrogens is 280 g/mol. The summed E-state index contributed by atoms with van der Waals surface area (Å²) in [5.41, 5.74) is -0.384. The lowest BCUT2D eigenvalue weighted by atomic mass is 9.68. The number of rotatable bonds is 3. The fourth-order valence-corrected chi connectivity index (χ4v) is 4.31. The molecule has 1 saturated heterocycles. The van der Waals surface area contributed by atoms with Crippen LogP contribution < -0.4 is 10.0 Å². The molecule has 1 aliphatic carbocycles. The Bertz CT molecular complexity index is 633. The Kier molecular flexibility index (Phi) is 3.09. The van der Waals surface area contributed by atoms with Gasteiger partial charge < -0.3 is 5.32 Å². The van der Waals surface area contributed by atoms with Gasteiger partial charge in [-0.2, -0.15) is 5.10 Å². The SMILES string of the molecule is Cn1cc(S(=O)(=O)NC2CCC(=O)NC23CCC3)cn1. The molecule has 3 rings (SSSR count). The number of hydrogen-bond donors (Lipinski definition) is 2. The Morgan fingerprint density at radius 2 is 2.25 bits per heavy atom. The van der Waals surface area contributed by atoms with E-state index in [1.807, 2.05) is 0 Å². The minimum atomic E-state index is -3.59. The fraction of sp³-hybridized carbons (Fsp3) is 0.667. The second-order valence-electron chi connectivity index (χ2n) is 5.62. The Hall–Kier alpha value is -1.41. The highest BCUT2D eigenvalue weighted by molar-refractivity contribution is 7.89. The highest BCUT2D eigenvalue weighted by Crippen LogP contribution is 2.39. The van der Waals surface area contributed by atoms with E-state index in [1.54, 1.807) is 7.05 Å². The maximum absolute atomic E-state index is 12.3. The molecule has 1 spiro atoms. The van der Waals surface area contributed by atoms with E-state index in [4.69, 9.17) is 0 Å². The molecule has 1 amide bonds. The van der Waals surface area contributed by atoms with E-state index in [9.17, 15) is 13.2 Å². The van der Waals surface area contributed by atoms with E-state index in [0.29, 0.717) is 12.8 Å². The number of carbonyl (C=O) groups excluding carboxylic acids is 1. The molecule has 1 atom stereocenters. The largest absolute Gasteiger partial charge is 0.349 e. The summed E-state index contributed by atoms with van der Waals surface area (Å²) in [6.07, 6.45) is 6.39.